The molecule has 0 aromatic rings. The van der Waals surface area contributed by atoms with Gasteiger partial charge in [-0.25, -0.2) is 9.38 Å². The van der Waals surface area contributed by atoms with Gasteiger partial charge in [0, 0.05) is 18.3 Å². The van der Waals surface area contributed by atoms with Gasteiger partial charge in [0.05, 0.1) is 5.70 Å². The van der Waals surface area contributed by atoms with Gasteiger partial charge >= 0.3 is 0 Å². The van der Waals surface area contributed by atoms with Crippen molar-refractivity contribution in [2.75, 3.05) is 18.6 Å². The van der Waals surface area contributed by atoms with Crippen molar-refractivity contribution in [3.8, 4) is 0 Å². The standard InChI is InChI=1S/C18H29FN4S/c1-6-7-14-10-15(11-16(14)19)23-13(3)22(8-9-24-5)17(12(2)20)18(23)21-4/h14-16H,2-4,6-11,20H2,1,5H3. The van der Waals surface area contributed by atoms with E-state index in [1.165, 1.54) is 0 Å². The zero-order chi connectivity index (χ0) is 17.9. The Bertz CT molecular complexity index is 545. The molecule has 3 unspecified atom stereocenters. The molecule has 1 saturated carbocycles. The number of aliphatic imine (C=N–C) groups is 1. The van der Waals surface area contributed by atoms with Gasteiger partial charge in [0.15, 0.2) is 5.82 Å². The summed E-state index contributed by atoms with van der Waals surface area (Å²) < 4.78 is 14.4. The van der Waals surface area contributed by atoms with E-state index < -0.39 is 6.17 Å². The molecule has 1 fully saturated rings. The van der Waals surface area contributed by atoms with Gasteiger partial charge in [-0.2, -0.15) is 11.8 Å². The minimum absolute atomic E-state index is 0.0539. The third-order valence-corrected chi connectivity index (χ3v) is 5.47. The van der Waals surface area contributed by atoms with Crippen molar-refractivity contribution < 1.29 is 4.39 Å². The molecule has 0 saturated heterocycles. The number of alkyl halides is 1. The van der Waals surface area contributed by atoms with Crippen LogP contribution in [0.25, 0.3) is 0 Å². The van der Waals surface area contributed by atoms with Crippen LogP contribution in [0.2, 0.25) is 0 Å². The first-order valence-electron chi connectivity index (χ1n) is 8.50. The molecule has 2 N–H and O–H groups in total. The topological polar surface area (TPSA) is 44.9 Å². The molecule has 0 amide bonds. The summed E-state index contributed by atoms with van der Waals surface area (Å²) in [5, 5.41) is 0. The molecule has 3 atom stereocenters. The van der Waals surface area contributed by atoms with Crippen LogP contribution in [0.15, 0.2) is 41.2 Å². The smallest absolute Gasteiger partial charge is 0.159 e. The lowest BCUT2D eigenvalue weighted by Crippen LogP contribution is -2.33. The summed E-state index contributed by atoms with van der Waals surface area (Å²) in [6.45, 7) is 14.7. The summed E-state index contributed by atoms with van der Waals surface area (Å²) in [4.78, 5) is 8.28. The predicted molar refractivity (Wildman–Crippen MR) is 102 cm³/mol. The Labute approximate surface area is 149 Å². The maximum absolute atomic E-state index is 14.4. The number of hydrogen-bond donors (Lipinski definition) is 1. The van der Waals surface area contributed by atoms with Gasteiger partial charge in [-0.05, 0) is 38.2 Å². The Morgan fingerprint density at radius 1 is 1.46 bits per heavy atom. The van der Waals surface area contributed by atoms with E-state index in [2.05, 4.69) is 38.0 Å². The average Bonchev–Trinajstić information content (AvgIpc) is 3.03. The fourth-order valence-corrected chi connectivity index (χ4v) is 4.18. The molecule has 1 aliphatic carbocycles. The molecule has 0 aromatic carbocycles. The van der Waals surface area contributed by atoms with E-state index in [9.17, 15) is 4.39 Å². The summed E-state index contributed by atoms with van der Waals surface area (Å²) in [6.07, 6.45) is 4.54. The molecule has 0 bridgehead atoms. The zero-order valence-corrected chi connectivity index (χ0v) is 15.6. The van der Waals surface area contributed by atoms with Crippen molar-refractivity contribution in [3.63, 3.8) is 0 Å². The molecule has 0 spiro atoms. The Morgan fingerprint density at radius 3 is 2.71 bits per heavy atom. The molecule has 0 radical (unpaired) electrons. The van der Waals surface area contributed by atoms with E-state index in [0.717, 1.165) is 43.1 Å². The van der Waals surface area contributed by atoms with E-state index in [-0.39, 0.29) is 12.0 Å². The minimum Gasteiger partial charge on any atom is -0.397 e. The van der Waals surface area contributed by atoms with E-state index in [0.29, 0.717) is 17.9 Å². The van der Waals surface area contributed by atoms with Crippen molar-refractivity contribution in [1.82, 2.24) is 9.80 Å². The normalized spacial score (nSPS) is 27.3. The van der Waals surface area contributed by atoms with Crippen molar-refractivity contribution in [2.45, 2.75) is 44.8 Å². The number of nitrogens with zero attached hydrogens (tertiary/aromatic N) is 3. The number of nitrogens with two attached hydrogens (primary N) is 1. The fourth-order valence-electron chi connectivity index (χ4n) is 3.82. The molecule has 134 valence electrons. The summed E-state index contributed by atoms with van der Waals surface area (Å²) in [5.74, 6) is 2.53. The maximum atomic E-state index is 14.4. The first kappa shape index (κ1) is 18.9. The maximum Gasteiger partial charge on any atom is 0.159 e. The van der Waals surface area contributed by atoms with Gasteiger partial charge in [0.25, 0.3) is 0 Å². The van der Waals surface area contributed by atoms with Gasteiger partial charge in [-0.1, -0.05) is 26.5 Å². The molecule has 4 nitrogen and oxygen atoms in total. The Kier molecular flexibility index (Phi) is 6.38. The minimum atomic E-state index is -0.765. The quantitative estimate of drug-likeness (QED) is 0.677. The molecule has 2 aliphatic rings. The molecule has 6 heteroatoms. The third kappa shape index (κ3) is 3.48. The van der Waals surface area contributed by atoms with Crippen molar-refractivity contribution in [2.24, 2.45) is 16.6 Å². The van der Waals surface area contributed by atoms with E-state index >= 15 is 0 Å². The highest BCUT2D eigenvalue weighted by molar-refractivity contribution is 7.98. The van der Waals surface area contributed by atoms with Crippen LogP contribution in [0, 0.1) is 5.92 Å². The predicted octanol–water partition coefficient (Wildman–Crippen LogP) is 3.70. The second kappa shape index (κ2) is 8.10. The second-order valence-electron chi connectivity index (χ2n) is 6.48. The second-order valence-corrected chi connectivity index (χ2v) is 7.46. The highest BCUT2D eigenvalue weighted by Crippen LogP contribution is 2.43. The molecule has 2 rings (SSSR count). The SMILES string of the molecule is C=NC1=C(C(=C)N)N(CCSC)C(=C)N1C1CC(F)C(CCC)C1. The van der Waals surface area contributed by atoms with Crippen LogP contribution < -0.4 is 5.73 Å². The van der Waals surface area contributed by atoms with E-state index in [4.69, 9.17) is 5.73 Å². The van der Waals surface area contributed by atoms with Crippen molar-refractivity contribution in [3.05, 3.63) is 36.2 Å². The molecular formula is C18H29FN4S. The Morgan fingerprint density at radius 2 is 2.17 bits per heavy atom. The molecular weight excluding hydrogens is 323 g/mol. The van der Waals surface area contributed by atoms with Crippen LogP contribution in [0.1, 0.15) is 32.6 Å². The van der Waals surface area contributed by atoms with Gasteiger partial charge in [-0.3, -0.25) is 0 Å². The van der Waals surface area contributed by atoms with Crippen molar-refractivity contribution >= 4 is 18.5 Å². The Balaban J connectivity index is 2.30. The van der Waals surface area contributed by atoms with Gasteiger partial charge < -0.3 is 15.5 Å². The lowest BCUT2D eigenvalue weighted by Gasteiger charge is -2.30. The molecule has 1 heterocycles. The fraction of sp³-hybridized carbons (Fsp3) is 0.611. The number of thioether (sulfide) groups is 1. The van der Waals surface area contributed by atoms with Crippen LogP contribution in [-0.2, 0) is 0 Å². The van der Waals surface area contributed by atoms with Crippen LogP contribution in [0.4, 0.5) is 4.39 Å². The summed E-state index contributed by atoms with van der Waals surface area (Å²) in [6, 6.07) is 0.0539. The first-order chi connectivity index (χ1) is 11.5. The van der Waals surface area contributed by atoms with Crippen molar-refractivity contribution in [1.29, 1.82) is 0 Å². The zero-order valence-electron chi connectivity index (χ0n) is 14.8. The average molecular weight is 353 g/mol. The van der Waals surface area contributed by atoms with Crippen LogP contribution in [0.5, 0.6) is 0 Å². The van der Waals surface area contributed by atoms with Crippen LogP contribution in [0.3, 0.4) is 0 Å². The number of halogens is 1. The first-order valence-corrected chi connectivity index (χ1v) is 9.90. The lowest BCUT2D eigenvalue weighted by atomic mass is 10.0. The molecule has 24 heavy (non-hydrogen) atoms. The van der Waals surface area contributed by atoms with Gasteiger partial charge in [0.1, 0.15) is 17.7 Å². The summed E-state index contributed by atoms with van der Waals surface area (Å²) >= 11 is 1.75. The summed E-state index contributed by atoms with van der Waals surface area (Å²) in [7, 11) is 0. The molecule has 0 aromatic heterocycles. The van der Waals surface area contributed by atoms with Crippen LogP contribution in [-0.4, -0.2) is 47.3 Å². The van der Waals surface area contributed by atoms with E-state index in [1.54, 1.807) is 11.8 Å². The number of rotatable bonds is 8. The third-order valence-electron chi connectivity index (χ3n) is 4.88. The largest absolute Gasteiger partial charge is 0.397 e. The van der Waals surface area contributed by atoms with E-state index in [1.807, 2.05) is 9.80 Å². The monoisotopic (exact) mass is 352 g/mol. The lowest BCUT2D eigenvalue weighted by molar-refractivity contribution is 0.245. The van der Waals surface area contributed by atoms with Crippen LogP contribution >= 0.6 is 11.8 Å². The molecule has 1 aliphatic heterocycles. The van der Waals surface area contributed by atoms with Gasteiger partial charge in [-0.15, -0.1) is 0 Å². The Hall–Kier alpha value is -1.43. The highest BCUT2D eigenvalue weighted by atomic mass is 32.2. The van der Waals surface area contributed by atoms with Gasteiger partial charge in [0.2, 0.25) is 0 Å². The number of hydrogen-bond acceptors (Lipinski definition) is 5. The highest BCUT2D eigenvalue weighted by Gasteiger charge is 2.43. The summed E-state index contributed by atoms with van der Waals surface area (Å²) in [5.41, 5.74) is 7.23.